The van der Waals surface area contributed by atoms with Gasteiger partial charge in [-0.1, -0.05) is 11.8 Å². The quantitative estimate of drug-likeness (QED) is 0.444. The summed E-state index contributed by atoms with van der Waals surface area (Å²) < 4.78 is 1.52. The van der Waals surface area contributed by atoms with Crippen molar-refractivity contribution in [3.63, 3.8) is 0 Å². The van der Waals surface area contributed by atoms with Crippen LogP contribution in [-0.2, 0) is 16.6 Å². The van der Waals surface area contributed by atoms with Crippen molar-refractivity contribution in [2.75, 3.05) is 16.8 Å². The number of hydrogen-bond donors (Lipinski definition) is 3. The molecule has 136 valence electrons. The second kappa shape index (κ2) is 6.64. The topological polar surface area (TPSA) is 142 Å². The first-order valence-corrected chi connectivity index (χ1v) is 9.60. The van der Waals surface area contributed by atoms with Crippen LogP contribution in [0.2, 0.25) is 0 Å². The SMILES string of the molecule is Cn1nnnc1SCC1=C(C(=O)O)N2C(=O)C(Nc3ncc[nH]3)[C@H]2SC1. The van der Waals surface area contributed by atoms with Gasteiger partial charge in [0.2, 0.25) is 11.1 Å². The molecule has 13 heteroatoms. The number of aromatic amines is 1. The average molecular weight is 394 g/mol. The van der Waals surface area contributed by atoms with Gasteiger partial charge >= 0.3 is 5.97 Å². The zero-order chi connectivity index (χ0) is 18.3. The molecule has 3 N–H and O–H groups in total. The number of aliphatic carboxylic acids is 1. The molecule has 1 fully saturated rings. The summed E-state index contributed by atoms with van der Waals surface area (Å²) in [6.07, 6.45) is 3.23. The number of carboxylic acids is 1. The molecule has 4 heterocycles. The molecule has 0 spiro atoms. The van der Waals surface area contributed by atoms with E-state index in [1.165, 1.54) is 33.1 Å². The highest BCUT2D eigenvalue weighted by atomic mass is 32.2. The fourth-order valence-electron chi connectivity index (χ4n) is 2.78. The molecule has 26 heavy (non-hydrogen) atoms. The van der Waals surface area contributed by atoms with Crippen LogP contribution in [0, 0.1) is 0 Å². The van der Waals surface area contributed by atoms with Gasteiger partial charge in [0.15, 0.2) is 0 Å². The number of fused-ring (bicyclic) bond motifs is 1. The zero-order valence-electron chi connectivity index (χ0n) is 13.5. The molecule has 0 aliphatic carbocycles. The molecule has 0 saturated carbocycles. The van der Waals surface area contributed by atoms with Gasteiger partial charge in [-0.2, -0.15) is 0 Å². The highest BCUT2D eigenvalue weighted by Gasteiger charge is 2.53. The number of aryl methyl sites for hydroxylation is 1. The third-order valence-corrected chi connectivity index (χ3v) is 6.43. The first-order chi connectivity index (χ1) is 12.6. The fraction of sp³-hybridized carbons (Fsp3) is 0.385. The number of carboxylic acid groups (broad SMARTS) is 1. The number of nitrogens with zero attached hydrogens (tertiary/aromatic N) is 6. The van der Waals surface area contributed by atoms with Crippen molar-refractivity contribution in [2.24, 2.45) is 7.05 Å². The average Bonchev–Trinajstić information content (AvgIpc) is 3.28. The van der Waals surface area contributed by atoms with E-state index in [0.717, 1.165) is 0 Å². The summed E-state index contributed by atoms with van der Waals surface area (Å²) in [4.78, 5) is 32.6. The van der Waals surface area contributed by atoms with Gasteiger partial charge in [-0.05, 0) is 16.0 Å². The molecule has 0 radical (unpaired) electrons. The number of rotatable bonds is 6. The monoisotopic (exact) mass is 394 g/mol. The van der Waals surface area contributed by atoms with E-state index in [1.807, 2.05) is 0 Å². The Balaban J connectivity index is 1.52. The van der Waals surface area contributed by atoms with Gasteiger partial charge in [-0.3, -0.25) is 9.69 Å². The van der Waals surface area contributed by atoms with Crippen molar-refractivity contribution in [2.45, 2.75) is 16.6 Å². The number of β-lactam (4-membered cyclic amide) rings is 1. The van der Waals surface area contributed by atoms with Gasteiger partial charge in [0.25, 0.3) is 5.91 Å². The van der Waals surface area contributed by atoms with E-state index in [4.69, 9.17) is 0 Å². The Hall–Kier alpha value is -2.54. The number of thioether (sulfide) groups is 2. The largest absolute Gasteiger partial charge is 0.477 e. The summed E-state index contributed by atoms with van der Waals surface area (Å²) in [7, 11) is 1.71. The molecular weight excluding hydrogens is 380 g/mol. The van der Waals surface area contributed by atoms with E-state index < -0.39 is 12.0 Å². The minimum absolute atomic E-state index is 0.0545. The molecule has 2 aromatic rings. The number of carbonyl (C=O) groups is 2. The van der Waals surface area contributed by atoms with Crippen molar-refractivity contribution < 1.29 is 14.7 Å². The lowest BCUT2D eigenvalue weighted by Crippen LogP contribution is -2.67. The maximum atomic E-state index is 12.5. The molecule has 2 aromatic heterocycles. The highest BCUT2D eigenvalue weighted by Crippen LogP contribution is 2.42. The Kier molecular flexibility index (Phi) is 4.32. The van der Waals surface area contributed by atoms with Gasteiger partial charge in [-0.15, -0.1) is 16.9 Å². The van der Waals surface area contributed by atoms with Gasteiger partial charge in [-0.25, -0.2) is 14.5 Å². The lowest BCUT2D eigenvalue weighted by molar-refractivity contribution is -0.147. The first kappa shape index (κ1) is 16.9. The van der Waals surface area contributed by atoms with Crippen LogP contribution in [0.25, 0.3) is 0 Å². The summed E-state index contributed by atoms with van der Waals surface area (Å²) >= 11 is 2.86. The summed E-state index contributed by atoms with van der Waals surface area (Å²) in [5.41, 5.74) is 0.732. The molecule has 1 amide bonds. The second-order valence-electron chi connectivity index (χ2n) is 5.60. The van der Waals surface area contributed by atoms with E-state index in [2.05, 4.69) is 30.8 Å². The van der Waals surface area contributed by atoms with Crippen molar-refractivity contribution in [1.29, 1.82) is 0 Å². The van der Waals surface area contributed by atoms with Crippen LogP contribution in [0.15, 0.2) is 28.8 Å². The van der Waals surface area contributed by atoms with E-state index >= 15 is 0 Å². The third kappa shape index (κ3) is 2.82. The molecule has 0 bridgehead atoms. The summed E-state index contributed by atoms with van der Waals surface area (Å²) in [6, 6.07) is -0.502. The molecule has 2 aliphatic rings. The van der Waals surface area contributed by atoms with Crippen LogP contribution in [0.5, 0.6) is 0 Å². The molecule has 4 rings (SSSR count). The lowest BCUT2D eigenvalue weighted by atomic mass is 10.0. The number of nitrogens with one attached hydrogen (secondary N) is 2. The Labute approximate surface area is 155 Å². The van der Waals surface area contributed by atoms with Crippen molar-refractivity contribution in [3.05, 3.63) is 23.7 Å². The second-order valence-corrected chi connectivity index (χ2v) is 7.65. The van der Waals surface area contributed by atoms with E-state index in [9.17, 15) is 14.7 Å². The highest BCUT2D eigenvalue weighted by molar-refractivity contribution is 8.01. The van der Waals surface area contributed by atoms with Crippen LogP contribution >= 0.6 is 23.5 Å². The Morgan fingerprint density at radius 3 is 3.08 bits per heavy atom. The van der Waals surface area contributed by atoms with Crippen LogP contribution in [0.1, 0.15) is 0 Å². The van der Waals surface area contributed by atoms with Crippen LogP contribution < -0.4 is 5.32 Å². The van der Waals surface area contributed by atoms with Crippen molar-refractivity contribution in [1.82, 2.24) is 35.1 Å². The fourth-order valence-corrected chi connectivity index (χ4v) is 5.12. The molecular formula is C13H14N8O3S2. The predicted molar refractivity (Wildman–Crippen MR) is 93.3 cm³/mol. The third-order valence-electron chi connectivity index (χ3n) is 4.00. The van der Waals surface area contributed by atoms with E-state index in [-0.39, 0.29) is 17.0 Å². The van der Waals surface area contributed by atoms with E-state index in [1.54, 1.807) is 19.4 Å². The van der Waals surface area contributed by atoms with Gasteiger partial charge < -0.3 is 15.4 Å². The Bertz CT molecular complexity index is 880. The first-order valence-electron chi connectivity index (χ1n) is 7.57. The summed E-state index contributed by atoms with van der Waals surface area (Å²) in [6.45, 7) is 0. The van der Waals surface area contributed by atoms with Crippen molar-refractivity contribution >= 4 is 41.3 Å². The predicted octanol–water partition coefficient (Wildman–Crippen LogP) is -0.240. The number of hydrogen-bond acceptors (Lipinski definition) is 9. The van der Waals surface area contributed by atoms with Crippen molar-refractivity contribution in [3.8, 4) is 0 Å². The minimum Gasteiger partial charge on any atom is -0.477 e. The normalized spacial score (nSPS) is 22.2. The maximum Gasteiger partial charge on any atom is 0.352 e. The Morgan fingerprint density at radius 1 is 1.58 bits per heavy atom. The Morgan fingerprint density at radius 2 is 2.42 bits per heavy atom. The number of aromatic nitrogens is 6. The van der Waals surface area contributed by atoms with E-state index in [0.29, 0.717) is 28.2 Å². The van der Waals surface area contributed by atoms with Gasteiger partial charge in [0.1, 0.15) is 17.1 Å². The summed E-state index contributed by atoms with van der Waals surface area (Å²) in [5, 5.41) is 24.2. The van der Waals surface area contributed by atoms with Gasteiger partial charge in [0, 0.05) is 30.9 Å². The molecule has 1 unspecified atom stereocenters. The number of tetrazole rings is 1. The van der Waals surface area contributed by atoms with Crippen LogP contribution in [-0.4, -0.2) is 75.0 Å². The summed E-state index contributed by atoms with van der Waals surface area (Å²) in [5.74, 6) is 0.0200. The smallest absolute Gasteiger partial charge is 0.352 e. The standard InChI is InChI=1S/C13H14N8O3S2/c1-20-13(17-18-19-20)26-5-6-4-25-10-7(16-12-14-2-3-15-12)9(22)21(10)8(6)11(23)24/h2-3,7,10H,4-5H2,1H3,(H,23,24)(H2,14,15,16)/t7?,10-/m1/s1. The zero-order valence-corrected chi connectivity index (χ0v) is 15.1. The number of imidazole rings is 1. The molecule has 1 saturated heterocycles. The molecule has 2 aliphatic heterocycles. The van der Waals surface area contributed by atoms with Crippen LogP contribution in [0.3, 0.4) is 0 Å². The number of H-pyrrole nitrogens is 1. The number of carbonyl (C=O) groups excluding carboxylic acids is 1. The van der Waals surface area contributed by atoms with Gasteiger partial charge in [0.05, 0.1) is 0 Å². The van der Waals surface area contributed by atoms with Crippen LogP contribution in [0.4, 0.5) is 5.95 Å². The number of amides is 1. The molecule has 0 aromatic carbocycles. The lowest BCUT2D eigenvalue weighted by Gasteiger charge is -2.49. The number of anilines is 1. The molecule has 11 nitrogen and oxygen atoms in total. The molecule has 2 atom stereocenters. The minimum atomic E-state index is -1.10. The maximum absolute atomic E-state index is 12.5.